The van der Waals surface area contributed by atoms with Crippen molar-refractivity contribution in [3.05, 3.63) is 58.0 Å². The summed E-state index contributed by atoms with van der Waals surface area (Å²) >= 11 is 6.02. The van der Waals surface area contributed by atoms with E-state index in [1.165, 1.54) is 11.1 Å². The zero-order valence-corrected chi connectivity index (χ0v) is 13.3. The lowest BCUT2D eigenvalue weighted by Crippen LogP contribution is -2.30. The Morgan fingerprint density at radius 2 is 1.95 bits per heavy atom. The minimum absolute atomic E-state index is 0.279. The summed E-state index contributed by atoms with van der Waals surface area (Å²) in [5, 5.41) is 4.41. The van der Waals surface area contributed by atoms with Crippen LogP contribution in [0.1, 0.15) is 42.5 Å². The van der Waals surface area contributed by atoms with E-state index in [1.54, 1.807) is 0 Å². The Kier molecular flexibility index (Phi) is 4.90. The number of hydrogen-bond acceptors (Lipinski definition) is 2. The number of rotatable bonds is 5. The number of aryl methyl sites for hydroxylation is 2. The summed E-state index contributed by atoms with van der Waals surface area (Å²) in [5.41, 5.74) is 2.49. The maximum atomic E-state index is 6.02. The molecule has 108 valence electrons. The van der Waals surface area contributed by atoms with E-state index in [0.29, 0.717) is 6.04 Å². The van der Waals surface area contributed by atoms with E-state index in [0.717, 1.165) is 23.0 Å². The Labute approximate surface area is 126 Å². The maximum Gasteiger partial charge on any atom is 0.105 e. The van der Waals surface area contributed by atoms with E-state index >= 15 is 0 Å². The third-order valence-corrected chi connectivity index (χ3v) is 3.75. The summed E-state index contributed by atoms with van der Waals surface area (Å²) in [4.78, 5) is 0. The van der Waals surface area contributed by atoms with Gasteiger partial charge in [-0.15, -0.1) is 0 Å². The van der Waals surface area contributed by atoms with Crippen molar-refractivity contribution < 1.29 is 4.42 Å². The van der Waals surface area contributed by atoms with Crippen LogP contribution in [0.5, 0.6) is 0 Å². The highest BCUT2D eigenvalue weighted by Gasteiger charge is 2.15. The number of halogens is 1. The molecule has 0 aliphatic rings. The van der Waals surface area contributed by atoms with Gasteiger partial charge in [0.1, 0.15) is 11.5 Å². The molecule has 3 heteroatoms. The number of nitrogens with one attached hydrogen (secondary N) is 1. The number of benzene rings is 1. The molecule has 2 nitrogen and oxygen atoms in total. The lowest BCUT2D eigenvalue weighted by molar-refractivity contribution is 0.459. The van der Waals surface area contributed by atoms with E-state index in [9.17, 15) is 0 Å². The summed E-state index contributed by atoms with van der Waals surface area (Å²) in [7, 11) is 0. The minimum atomic E-state index is 0.279. The molecule has 0 spiro atoms. The van der Waals surface area contributed by atoms with Gasteiger partial charge in [0.05, 0.1) is 0 Å². The fourth-order valence-corrected chi connectivity index (χ4v) is 2.89. The highest BCUT2D eigenvalue weighted by atomic mass is 35.5. The third-order valence-electron chi connectivity index (χ3n) is 3.51. The molecular weight excluding hydrogens is 270 g/mol. The fraction of sp³-hybridized carbons (Fsp3) is 0.412. The second kappa shape index (κ2) is 6.47. The monoisotopic (exact) mass is 291 g/mol. The molecule has 0 aliphatic carbocycles. The van der Waals surface area contributed by atoms with Crippen molar-refractivity contribution in [1.29, 1.82) is 0 Å². The first-order valence-electron chi connectivity index (χ1n) is 7.03. The Balaban J connectivity index is 1.97. The van der Waals surface area contributed by atoms with E-state index in [4.69, 9.17) is 16.0 Å². The molecule has 2 aromatic rings. The molecule has 0 fully saturated rings. The van der Waals surface area contributed by atoms with Crippen molar-refractivity contribution in [2.75, 3.05) is 0 Å². The largest absolute Gasteiger partial charge is 0.466 e. The van der Waals surface area contributed by atoms with Crippen LogP contribution in [0.2, 0.25) is 5.02 Å². The Morgan fingerprint density at radius 3 is 2.55 bits per heavy atom. The average Bonchev–Trinajstić information content (AvgIpc) is 2.68. The molecule has 20 heavy (non-hydrogen) atoms. The standard InChI is InChI=1S/C17H22ClNO/c1-11(8-15-6-5-7-16(18)10-15)19-13(3)17-9-12(2)20-14(17)4/h5-7,9-11,13,19H,8H2,1-4H3. The van der Waals surface area contributed by atoms with Crippen LogP contribution in [-0.2, 0) is 6.42 Å². The van der Waals surface area contributed by atoms with Gasteiger partial charge in [-0.05, 0) is 57.9 Å². The van der Waals surface area contributed by atoms with Crippen molar-refractivity contribution in [3.8, 4) is 0 Å². The molecule has 2 atom stereocenters. The third kappa shape index (κ3) is 3.87. The summed E-state index contributed by atoms with van der Waals surface area (Å²) in [6, 6.07) is 10.8. The highest BCUT2D eigenvalue weighted by molar-refractivity contribution is 6.30. The van der Waals surface area contributed by atoms with Gasteiger partial charge < -0.3 is 9.73 Å². The second-order valence-electron chi connectivity index (χ2n) is 5.49. The second-order valence-corrected chi connectivity index (χ2v) is 5.93. The summed E-state index contributed by atoms with van der Waals surface area (Å²) in [6.45, 7) is 8.37. The lowest BCUT2D eigenvalue weighted by Gasteiger charge is -2.20. The molecule has 2 rings (SSSR count). The van der Waals surface area contributed by atoms with Crippen LogP contribution in [0.4, 0.5) is 0 Å². The van der Waals surface area contributed by atoms with Crippen LogP contribution < -0.4 is 5.32 Å². The highest BCUT2D eigenvalue weighted by Crippen LogP contribution is 2.22. The predicted molar refractivity (Wildman–Crippen MR) is 84.4 cm³/mol. The molecule has 1 aromatic heterocycles. The van der Waals surface area contributed by atoms with Gasteiger partial charge in [-0.3, -0.25) is 0 Å². The van der Waals surface area contributed by atoms with Crippen molar-refractivity contribution >= 4 is 11.6 Å². The summed E-state index contributed by atoms with van der Waals surface area (Å²) < 4.78 is 5.59. The summed E-state index contributed by atoms with van der Waals surface area (Å²) in [6.07, 6.45) is 0.959. The van der Waals surface area contributed by atoms with Crippen LogP contribution in [0.3, 0.4) is 0 Å². The van der Waals surface area contributed by atoms with Gasteiger partial charge in [0, 0.05) is 22.7 Å². The Bertz CT molecular complexity index is 576. The van der Waals surface area contributed by atoms with Gasteiger partial charge in [-0.25, -0.2) is 0 Å². The van der Waals surface area contributed by atoms with Crippen molar-refractivity contribution in [2.24, 2.45) is 0 Å². The molecule has 1 aromatic carbocycles. The maximum absolute atomic E-state index is 6.02. The zero-order valence-electron chi connectivity index (χ0n) is 12.5. The van der Waals surface area contributed by atoms with Gasteiger partial charge in [0.15, 0.2) is 0 Å². The van der Waals surface area contributed by atoms with Gasteiger partial charge >= 0.3 is 0 Å². The van der Waals surface area contributed by atoms with Gasteiger partial charge in [-0.2, -0.15) is 0 Å². The van der Waals surface area contributed by atoms with E-state index in [1.807, 2.05) is 32.0 Å². The Morgan fingerprint density at radius 1 is 1.20 bits per heavy atom. The molecule has 0 radical (unpaired) electrons. The minimum Gasteiger partial charge on any atom is -0.466 e. The smallest absolute Gasteiger partial charge is 0.105 e. The van der Waals surface area contributed by atoms with E-state index in [-0.39, 0.29) is 6.04 Å². The zero-order chi connectivity index (χ0) is 14.7. The number of furan rings is 1. The molecule has 0 bridgehead atoms. The van der Waals surface area contributed by atoms with Crippen molar-refractivity contribution in [2.45, 2.75) is 46.2 Å². The van der Waals surface area contributed by atoms with Crippen molar-refractivity contribution in [3.63, 3.8) is 0 Å². The van der Waals surface area contributed by atoms with E-state index < -0.39 is 0 Å². The molecular formula is C17H22ClNO. The normalized spacial score (nSPS) is 14.2. The van der Waals surface area contributed by atoms with Gasteiger partial charge in [0.2, 0.25) is 0 Å². The van der Waals surface area contributed by atoms with Gasteiger partial charge in [-0.1, -0.05) is 23.7 Å². The quantitative estimate of drug-likeness (QED) is 0.853. The summed E-state index contributed by atoms with van der Waals surface area (Å²) in [5.74, 6) is 1.96. The number of hydrogen-bond donors (Lipinski definition) is 1. The van der Waals surface area contributed by atoms with Gasteiger partial charge in [0.25, 0.3) is 0 Å². The van der Waals surface area contributed by atoms with Crippen LogP contribution in [0.15, 0.2) is 34.7 Å². The van der Waals surface area contributed by atoms with Crippen LogP contribution >= 0.6 is 11.6 Å². The molecule has 0 amide bonds. The molecule has 0 saturated carbocycles. The SMILES string of the molecule is Cc1cc(C(C)NC(C)Cc2cccc(Cl)c2)c(C)o1. The first-order valence-corrected chi connectivity index (χ1v) is 7.41. The first-order chi connectivity index (χ1) is 9.45. The molecule has 1 N–H and O–H groups in total. The molecule has 1 heterocycles. The topological polar surface area (TPSA) is 25.2 Å². The fourth-order valence-electron chi connectivity index (χ4n) is 2.67. The molecule has 2 unspecified atom stereocenters. The average molecular weight is 292 g/mol. The van der Waals surface area contributed by atoms with Crippen molar-refractivity contribution in [1.82, 2.24) is 5.32 Å². The predicted octanol–water partition coefficient (Wildman–Crippen LogP) is 4.83. The Hall–Kier alpha value is -1.25. The lowest BCUT2D eigenvalue weighted by atomic mass is 10.0. The van der Waals surface area contributed by atoms with Crippen LogP contribution in [0.25, 0.3) is 0 Å². The van der Waals surface area contributed by atoms with Crippen LogP contribution in [-0.4, -0.2) is 6.04 Å². The molecule has 0 saturated heterocycles. The first kappa shape index (κ1) is 15.1. The van der Waals surface area contributed by atoms with E-state index in [2.05, 4.69) is 31.3 Å². The van der Waals surface area contributed by atoms with Crippen LogP contribution in [0, 0.1) is 13.8 Å². The molecule has 0 aliphatic heterocycles.